The molecule has 0 unspecified atom stereocenters. The van der Waals surface area contributed by atoms with Gasteiger partial charge >= 0.3 is 0 Å². The summed E-state index contributed by atoms with van der Waals surface area (Å²) in [5.74, 6) is -0.0502. The number of hydrogen-bond acceptors (Lipinski definition) is 6. The van der Waals surface area contributed by atoms with E-state index in [-0.39, 0.29) is 29.5 Å². The average Bonchev–Trinajstić information content (AvgIpc) is 2.66. The molecule has 10 heteroatoms. The summed E-state index contributed by atoms with van der Waals surface area (Å²) in [4.78, 5) is 24.4. The van der Waals surface area contributed by atoms with Crippen molar-refractivity contribution in [2.75, 3.05) is 18.4 Å². The molecular weight excluding hydrogens is 384 g/mol. The largest absolute Gasteiger partial charge is 0.379 e. The van der Waals surface area contributed by atoms with Crippen LogP contribution in [-0.4, -0.2) is 37.2 Å². The Labute approximate surface area is 162 Å². The Morgan fingerprint density at radius 3 is 2.61 bits per heavy atom. The summed E-state index contributed by atoms with van der Waals surface area (Å²) in [6.07, 6.45) is 0.964. The zero-order chi connectivity index (χ0) is 20.3. The molecule has 3 rings (SSSR count). The summed E-state index contributed by atoms with van der Waals surface area (Å²) < 4.78 is 22.7. The molecule has 1 amide bonds. The van der Waals surface area contributed by atoms with Gasteiger partial charge in [0.25, 0.3) is 5.69 Å². The van der Waals surface area contributed by atoms with Crippen molar-refractivity contribution in [1.82, 2.24) is 4.90 Å². The third-order valence-electron chi connectivity index (χ3n) is 4.63. The van der Waals surface area contributed by atoms with Gasteiger partial charge in [0.15, 0.2) is 0 Å². The number of carbonyl (C=O) groups is 1. The van der Waals surface area contributed by atoms with Gasteiger partial charge in [-0.2, -0.15) is 0 Å². The van der Waals surface area contributed by atoms with E-state index in [2.05, 4.69) is 11.4 Å². The third kappa shape index (κ3) is 4.46. The molecule has 0 aromatic heterocycles. The molecule has 2 aromatic rings. The zero-order valence-corrected chi connectivity index (χ0v) is 15.8. The van der Waals surface area contributed by atoms with E-state index in [1.54, 1.807) is 4.90 Å². The number of benzene rings is 2. The van der Waals surface area contributed by atoms with Crippen LogP contribution in [0.2, 0.25) is 0 Å². The Morgan fingerprint density at radius 1 is 1.21 bits per heavy atom. The number of amides is 1. The van der Waals surface area contributed by atoms with Crippen LogP contribution < -0.4 is 10.5 Å². The van der Waals surface area contributed by atoms with Crippen molar-refractivity contribution < 1.29 is 18.1 Å². The minimum Gasteiger partial charge on any atom is -0.379 e. The highest BCUT2D eigenvalue weighted by Crippen LogP contribution is 2.27. The Bertz CT molecular complexity index is 1020. The summed E-state index contributed by atoms with van der Waals surface area (Å²) in [7, 11) is -4.04. The number of nitrogens with zero attached hydrogens (tertiary/aromatic N) is 2. The van der Waals surface area contributed by atoms with Crippen molar-refractivity contribution in [1.29, 1.82) is 0 Å². The lowest BCUT2D eigenvalue weighted by atomic mass is 10.00. The lowest BCUT2D eigenvalue weighted by Crippen LogP contribution is -2.36. The molecule has 0 bridgehead atoms. The maximum absolute atomic E-state index is 12.5. The van der Waals surface area contributed by atoms with E-state index in [1.165, 1.54) is 17.7 Å². The highest BCUT2D eigenvalue weighted by atomic mass is 32.2. The van der Waals surface area contributed by atoms with Gasteiger partial charge in [0.05, 0.1) is 9.82 Å². The average molecular weight is 404 g/mol. The smallest absolute Gasteiger partial charge is 0.293 e. The topological polar surface area (TPSA) is 136 Å². The van der Waals surface area contributed by atoms with E-state index in [0.717, 1.165) is 18.1 Å². The van der Waals surface area contributed by atoms with Gasteiger partial charge in [-0.15, -0.1) is 0 Å². The number of primary sulfonamides is 1. The van der Waals surface area contributed by atoms with Crippen LogP contribution in [0.4, 0.5) is 11.4 Å². The maximum atomic E-state index is 12.5. The summed E-state index contributed by atoms with van der Waals surface area (Å²) in [6, 6.07) is 11.4. The van der Waals surface area contributed by atoms with E-state index < -0.39 is 20.6 Å². The molecule has 2 aromatic carbocycles. The summed E-state index contributed by atoms with van der Waals surface area (Å²) in [5.41, 5.74) is 2.10. The first-order chi connectivity index (χ1) is 13.3. The molecule has 0 saturated carbocycles. The highest BCUT2D eigenvalue weighted by Gasteiger charge is 2.21. The number of nitrogens with one attached hydrogen (secondary N) is 1. The number of nitro benzene ring substituents is 1. The van der Waals surface area contributed by atoms with Gasteiger partial charge in [0.2, 0.25) is 15.9 Å². The van der Waals surface area contributed by atoms with Crippen LogP contribution in [0.5, 0.6) is 0 Å². The molecule has 1 aliphatic rings. The van der Waals surface area contributed by atoms with Crippen molar-refractivity contribution in [2.24, 2.45) is 5.14 Å². The number of nitro groups is 1. The molecule has 28 heavy (non-hydrogen) atoms. The number of carbonyl (C=O) groups excluding carboxylic acids is 1. The Kier molecular flexibility index (Phi) is 5.61. The predicted octanol–water partition coefficient (Wildman–Crippen LogP) is 1.63. The Morgan fingerprint density at radius 2 is 1.93 bits per heavy atom. The quantitative estimate of drug-likeness (QED) is 0.555. The van der Waals surface area contributed by atoms with Crippen molar-refractivity contribution in [3.8, 4) is 0 Å². The molecule has 1 aliphatic heterocycles. The first kappa shape index (κ1) is 19.8. The molecule has 1 heterocycles. The summed E-state index contributed by atoms with van der Waals surface area (Å²) in [5, 5.41) is 19.1. The second-order valence-electron chi connectivity index (χ2n) is 6.49. The van der Waals surface area contributed by atoms with Crippen LogP contribution in [0.15, 0.2) is 47.4 Å². The fourth-order valence-corrected chi connectivity index (χ4v) is 3.69. The lowest BCUT2D eigenvalue weighted by Gasteiger charge is -2.29. The molecule has 0 spiro atoms. The molecule has 0 fully saturated rings. The number of sulfonamides is 1. The van der Waals surface area contributed by atoms with Gasteiger partial charge in [0, 0.05) is 32.1 Å². The molecular formula is C18H20N4O5S. The van der Waals surface area contributed by atoms with Crippen LogP contribution in [0.3, 0.4) is 0 Å². The van der Waals surface area contributed by atoms with E-state index >= 15 is 0 Å². The Balaban J connectivity index is 1.62. The van der Waals surface area contributed by atoms with Crippen molar-refractivity contribution in [3.05, 3.63) is 63.7 Å². The van der Waals surface area contributed by atoms with Crippen LogP contribution in [0.1, 0.15) is 17.5 Å². The first-order valence-electron chi connectivity index (χ1n) is 8.65. The van der Waals surface area contributed by atoms with E-state index in [0.29, 0.717) is 13.1 Å². The number of fused-ring (bicyclic) bond motifs is 1. The van der Waals surface area contributed by atoms with E-state index in [1.807, 2.05) is 18.2 Å². The fourth-order valence-electron chi connectivity index (χ4n) is 3.16. The van der Waals surface area contributed by atoms with Crippen molar-refractivity contribution in [2.45, 2.75) is 24.3 Å². The lowest BCUT2D eigenvalue weighted by molar-refractivity contribution is -0.384. The Hall–Kier alpha value is -2.98. The standard InChI is InChI=1S/C18H20N4O5S/c19-28(26,27)15-5-6-16(17(11-15)22(24)25)20-9-7-18(23)21-10-8-13-3-1-2-4-14(13)12-21/h1-6,11,20H,7-10,12H2,(H2,19,26,27). The normalized spacial score (nSPS) is 13.7. The SMILES string of the molecule is NS(=O)(=O)c1ccc(NCCC(=O)N2CCc3ccccc3C2)c([N+](=O)[O-])c1. The van der Waals surface area contributed by atoms with Crippen LogP contribution in [0, 0.1) is 10.1 Å². The number of nitrogens with two attached hydrogens (primary N) is 1. The second kappa shape index (κ2) is 7.95. The maximum Gasteiger partial charge on any atom is 0.293 e. The molecule has 3 N–H and O–H groups in total. The van der Waals surface area contributed by atoms with Gasteiger partial charge < -0.3 is 10.2 Å². The highest BCUT2D eigenvalue weighted by molar-refractivity contribution is 7.89. The second-order valence-corrected chi connectivity index (χ2v) is 8.05. The van der Waals surface area contributed by atoms with E-state index in [9.17, 15) is 23.3 Å². The summed E-state index contributed by atoms with van der Waals surface area (Å²) >= 11 is 0. The number of rotatable bonds is 6. The van der Waals surface area contributed by atoms with Gasteiger partial charge in [-0.25, -0.2) is 13.6 Å². The first-order valence-corrected chi connectivity index (χ1v) is 10.2. The van der Waals surface area contributed by atoms with Crippen LogP contribution in [-0.2, 0) is 27.8 Å². The minimum atomic E-state index is -4.04. The summed E-state index contributed by atoms with van der Waals surface area (Å²) in [6.45, 7) is 1.38. The van der Waals surface area contributed by atoms with Crippen LogP contribution >= 0.6 is 0 Å². The van der Waals surface area contributed by atoms with Gasteiger partial charge in [-0.05, 0) is 29.7 Å². The predicted molar refractivity (Wildman–Crippen MR) is 103 cm³/mol. The number of anilines is 1. The van der Waals surface area contributed by atoms with Gasteiger partial charge in [-0.1, -0.05) is 24.3 Å². The molecule has 9 nitrogen and oxygen atoms in total. The molecule has 0 aliphatic carbocycles. The van der Waals surface area contributed by atoms with Crippen LogP contribution in [0.25, 0.3) is 0 Å². The molecule has 0 atom stereocenters. The fraction of sp³-hybridized carbons (Fsp3) is 0.278. The minimum absolute atomic E-state index is 0.0502. The monoisotopic (exact) mass is 404 g/mol. The third-order valence-corrected chi connectivity index (χ3v) is 5.54. The van der Waals surface area contributed by atoms with E-state index in [4.69, 9.17) is 5.14 Å². The zero-order valence-electron chi connectivity index (χ0n) is 15.0. The number of hydrogen-bond donors (Lipinski definition) is 2. The molecule has 0 saturated heterocycles. The van der Waals surface area contributed by atoms with Gasteiger partial charge in [0.1, 0.15) is 5.69 Å². The van der Waals surface area contributed by atoms with Crippen molar-refractivity contribution in [3.63, 3.8) is 0 Å². The van der Waals surface area contributed by atoms with Crippen molar-refractivity contribution >= 4 is 27.3 Å². The molecule has 148 valence electrons. The van der Waals surface area contributed by atoms with Gasteiger partial charge in [-0.3, -0.25) is 14.9 Å². The molecule has 0 radical (unpaired) electrons.